The van der Waals surface area contributed by atoms with Crippen LogP contribution in [0.5, 0.6) is 5.75 Å². The smallest absolute Gasteiger partial charge is 0.133 e. The summed E-state index contributed by atoms with van der Waals surface area (Å²) in [5, 5.41) is 11.5. The normalized spacial score (nSPS) is 12.4. The van der Waals surface area contributed by atoms with Gasteiger partial charge in [0.05, 0.1) is 7.11 Å². The summed E-state index contributed by atoms with van der Waals surface area (Å²) in [4.78, 5) is 0. The van der Waals surface area contributed by atoms with Crippen molar-refractivity contribution in [1.29, 1.82) is 0 Å². The summed E-state index contributed by atoms with van der Waals surface area (Å²) >= 11 is 0. The van der Waals surface area contributed by atoms with Crippen molar-refractivity contribution < 1.29 is 4.74 Å². The molecule has 0 saturated heterocycles. The minimum absolute atomic E-state index is 0.234. The highest BCUT2D eigenvalue weighted by Gasteiger charge is 2.11. The fraction of sp³-hybridized carbons (Fsp3) is 0.467. The molecule has 0 bridgehead atoms. The van der Waals surface area contributed by atoms with Crippen LogP contribution in [0.25, 0.3) is 0 Å². The zero-order chi connectivity index (χ0) is 14.5. The third-order valence-electron chi connectivity index (χ3n) is 3.46. The van der Waals surface area contributed by atoms with E-state index in [2.05, 4.69) is 41.5 Å². The van der Waals surface area contributed by atoms with Crippen molar-refractivity contribution in [2.45, 2.75) is 26.3 Å². The highest BCUT2D eigenvalue weighted by Crippen LogP contribution is 2.25. The maximum Gasteiger partial charge on any atom is 0.133 e. The average molecular weight is 274 g/mol. The molecular formula is C15H22N4O. The molecule has 5 nitrogen and oxygen atoms in total. The van der Waals surface area contributed by atoms with E-state index in [0.29, 0.717) is 0 Å². The minimum atomic E-state index is 0.234. The van der Waals surface area contributed by atoms with Crippen LogP contribution in [0.15, 0.2) is 24.5 Å². The number of rotatable bonds is 6. The molecule has 108 valence electrons. The first-order valence-electron chi connectivity index (χ1n) is 6.82. The SMILES string of the molecule is COc1ccc(C)cc1C(C)NCCc1nncn1C. The third kappa shape index (κ3) is 3.36. The molecule has 20 heavy (non-hydrogen) atoms. The molecule has 1 N–H and O–H groups in total. The molecule has 0 spiro atoms. The number of hydrogen-bond donors (Lipinski definition) is 1. The molecule has 2 aromatic rings. The fourth-order valence-corrected chi connectivity index (χ4v) is 2.24. The number of aromatic nitrogens is 3. The molecule has 1 heterocycles. The quantitative estimate of drug-likeness (QED) is 0.875. The Bertz CT molecular complexity index is 565. The zero-order valence-electron chi connectivity index (χ0n) is 12.6. The number of benzene rings is 1. The summed E-state index contributed by atoms with van der Waals surface area (Å²) in [7, 11) is 3.67. The van der Waals surface area contributed by atoms with Crippen LogP contribution in [0.2, 0.25) is 0 Å². The zero-order valence-corrected chi connectivity index (χ0v) is 12.6. The Balaban J connectivity index is 1.96. The van der Waals surface area contributed by atoms with Gasteiger partial charge in [0.1, 0.15) is 17.9 Å². The number of nitrogens with one attached hydrogen (secondary N) is 1. The molecule has 5 heteroatoms. The highest BCUT2D eigenvalue weighted by molar-refractivity contribution is 5.38. The van der Waals surface area contributed by atoms with Gasteiger partial charge in [-0.1, -0.05) is 17.7 Å². The van der Waals surface area contributed by atoms with Gasteiger partial charge in [0.2, 0.25) is 0 Å². The predicted molar refractivity (Wildman–Crippen MR) is 78.9 cm³/mol. The van der Waals surface area contributed by atoms with Crippen LogP contribution in [0.1, 0.15) is 29.9 Å². The lowest BCUT2D eigenvalue weighted by molar-refractivity contribution is 0.401. The van der Waals surface area contributed by atoms with Crippen molar-refractivity contribution >= 4 is 0 Å². The van der Waals surface area contributed by atoms with Gasteiger partial charge in [-0.2, -0.15) is 0 Å². The molecule has 1 unspecified atom stereocenters. The van der Waals surface area contributed by atoms with E-state index in [1.165, 1.54) is 11.1 Å². The van der Waals surface area contributed by atoms with Crippen LogP contribution in [-0.2, 0) is 13.5 Å². The Morgan fingerprint density at radius 1 is 1.40 bits per heavy atom. The van der Waals surface area contributed by atoms with Gasteiger partial charge in [-0.15, -0.1) is 10.2 Å². The van der Waals surface area contributed by atoms with Gasteiger partial charge in [0, 0.05) is 31.6 Å². The molecule has 1 atom stereocenters. The third-order valence-corrected chi connectivity index (χ3v) is 3.46. The Labute approximate surface area is 120 Å². The number of aryl methyl sites for hydroxylation is 2. The van der Waals surface area contributed by atoms with E-state index >= 15 is 0 Å². The van der Waals surface area contributed by atoms with Crippen LogP contribution in [0.4, 0.5) is 0 Å². The summed E-state index contributed by atoms with van der Waals surface area (Å²) in [6, 6.07) is 6.48. The van der Waals surface area contributed by atoms with Gasteiger partial charge in [-0.3, -0.25) is 0 Å². The predicted octanol–water partition coefficient (Wildman–Crippen LogP) is 2.03. The van der Waals surface area contributed by atoms with Gasteiger partial charge >= 0.3 is 0 Å². The lowest BCUT2D eigenvalue weighted by Crippen LogP contribution is -2.22. The summed E-state index contributed by atoms with van der Waals surface area (Å²) in [5.41, 5.74) is 2.42. The molecule has 0 amide bonds. The van der Waals surface area contributed by atoms with Gasteiger partial charge in [-0.05, 0) is 19.9 Å². The Morgan fingerprint density at radius 3 is 2.85 bits per heavy atom. The largest absolute Gasteiger partial charge is 0.496 e. The second-order valence-corrected chi connectivity index (χ2v) is 5.03. The first-order chi connectivity index (χ1) is 9.61. The molecule has 0 aliphatic carbocycles. The van der Waals surface area contributed by atoms with E-state index in [-0.39, 0.29) is 6.04 Å². The minimum Gasteiger partial charge on any atom is -0.496 e. The van der Waals surface area contributed by atoms with Crippen molar-refractivity contribution in [3.8, 4) is 5.75 Å². The maximum atomic E-state index is 5.43. The highest BCUT2D eigenvalue weighted by atomic mass is 16.5. The molecule has 0 fully saturated rings. The molecule has 0 radical (unpaired) electrons. The second kappa shape index (κ2) is 6.52. The Morgan fingerprint density at radius 2 is 2.20 bits per heavy atom. The molecule has 1 aromatic carbocycles. The molecule has 1 aromatic heterocycles. The van der Waals surface area contributed by atoms with Gasteiger partial charge in [0.25, 0.3) is 0 Å². The van der Waals surface area contributed by atoms with Crippen molar-refractivity contribution in [1.82, 2.24) is 20.1 Å². The van der Waals surface area contributed by atoms with Crippen LogP contribution in [0, 0.1) is 6.92 Å². The van der Waals surface area contributed by atoms with Crippen molar-refractivity contribution in [2.24, 2.45) is 7.05 Å². The monoisotopic (exact) mass is 274 g/mol. The van der Waals surface area contributed by atoms with Gasteiger partial charge < -0.3 is 14.6 Å². The molecule has 0 aliphatic heterocycles. The van der Waals surface area contributed by atoms with E-state index in [1.807, 2.05) is 17.7 Å². The number of ether oxygens (including phenoxy) is 1. The molecular weight excluding hydrogens is 252 g/mol. The van der Waals surface area contributed by atoms with Crippen LogP contribution < -0.4 is 10.1 Å². The second-order valence-electron chi connectivity index (χ2n) is 5.03. The summed E-state index contributed by atoms with van der Waals surface area (Å²) in [6.07, 6.45) is 2.58. The van der Waals surface area contributed by atoms with E-state index in [0.717, 1.165) is 24.5 Å². The molecule has 0 saturated carbocycles. The van der Waals surface area contributed by atoms with Crippen molar-refractivity contribution in [3.63, 3.8) is 0 Å². The topological polar surface area (TPSA) is 52.0 Å². The fourth-order valence-electron chi connectivity index (χ4n) is 2.24. The standard InChI is InChI=1S/C15H22N4O/c1-11-5-6-14(20-4)13(9-11)12(2)16-8-7-15-18-17-10-19(15)3/h5-6,9-10,12,16H,7-8H2,1-4H3. The average Bonchev–Trinajstić information content (AvgIpc) is 2.84. The van der Waals surface area contributed by atoms with Gasteiger partial charge in [-0.25, -0.2) is 0 Å². The van der Waals surface area contributed by atoms with Crippen LogP contribution in [0.3, 0.4) is 0 Å². The van der Waals surface area contributed by atoms with Gasteiger partial charge in [0.15, 0.2) is 0 Å². The number of methoxy groups -OCH3 is 1. The van der Waals surface area contributed by atoms with Crippen LogP contribution >= 0.6 is 0 Å². The lowest BCUT2D eigenvalue weighted by atomic mass is 10.0. The maximum absolute atomic E-state index is 5.43. The first-order valence-corrected chi connectivity index (χ1v) is 6.82. The number of hydrogen-bond acceptors (Lipinski definition) is 4. The lowest BCUT2D eigenvalue weighted by Gasteiger charge is -2.18. The molecule has 2 rings (SSSR count). The molecule has 0 aliphatic rings. The van der Waals surface area contributed by atoms with Crippen molar-refractivity contribution in [3.05, 3.63) is 41.5 Å². The van der Waals surface area contributed by atoms with E-state index in [1.54, 1.807) is 13.4 Å². The first kappa shape index (κ1) is 14.5. The Hall–Kier alpha value is -1.88. The summed E-state index contributed by atoms with van der Waals surface area (Å²) in [6.45, 7) is 5.09. The van der Waals surface area contributed by atoms with E-state index in [4.69, 9.17) is 4.74 Å². The van der Waals surface area contributed by atoms with E-state index in [9.17, 15) is 0 Å². The van der Waals surface area contributed by atoms with Crippen molar-refractivity contribution in [2.75, 3.05) is 13.7 Å². The summed E-state index contributed by atoms with van der Waals surface area (Å²) in [5.74, 6) is 1.91. The van der Waals surface area contributed by atoms with E-state index < -0.39 is 0 Å². The van der Waals surface area contributed by atoms with Crippen LogP contribution in [-0.4, -0.2) is 28.4 Å². The summed E-state index contributed by atoms with van der Waals surface area (Å²) < 4.78 is 7.37. The number of nitrogens with zero attached hydrogens (tertiary/aromatic N) is 3. The Kier molecular flexibility index (Phi) is 4.74.